The number of aromatic hydroxyl groups is 1. The lowest BCUT2D eigenvalue weighted by Crippen LogP contribution is -2.76. The molecular formula is C33H34O9. The molecule has 0 heterocycles. The number of phenols is 1. The second-order valence-corrected chi connectivity index (χ2v) is 12.9. The largest absolute Gasteiger partial charge is 0.507 e. The molecule has 2 saturated carbocycles. The van der Waals surface area contributed by atoms with Crippen LogP contribution >= 0.6 is 0 Å². The molecule has 220 valence electrons. The van der Waals surface area contributed by atoms with E-state index in [0.717, 1.165) is 6.92 Å². The van der Waals surface area contributed by atoms with Gasteiger partial charge >= 0.3 is 5.97 Å². The third-order valence-electron chi connectivity index (χ3n) is 9.88. The normalized spacial score (nSPS) is 32.2. The molecule has 2 aromatic rings. The van der Waals surface area contributed by atoms with Crippen molar-refractivity contribution in [1.29, 1.82) is 0 Å². The second kappa shape index (κ2) is 9.52. The number of phenolic OH excluding ortho intramolecular Hbond substituents is 1. The summed E-state index contributed by atoms with van der Waals surface area (Å²) in [6.07, 6.45) is 0.0986. The summed E-state index contributed by atoms with van der Waals surface area (Å²) in [6, 6.07) is 9.55. The number of rotatable bonds is 4. The Bertz CT molecular complexity index is 1590. The van der Waals surface area contributed by atoms with Crippen LogP contribution in [-0.4, -0.2) is 57.8 Å². The molecule has 3 aliphatic carbocycles. The third-order valence-corrected chi connectivity index (χ3v) is 9.88. The van der Waals surface area contributed by atoms with Crippen LogP contribution in [0.25, 0.3) is 11.1 Å². The molecule has 42 heavy (non-hydrogen) atoms. The zero-order valence-corrected chi connectivity index (χ0v) is 24.4. The van der Waals surface area contributed by atoms with Gasteiger partial charge in [-0.05, 0) is 66.0 Å². The first-order valence-corrected chi connectivity index (χ1v) is 14.0. The molecule has 6 atom stereocenters. The van der Waals surface area contributed by atoms with Gasteiger partial charge in [-0.25, -0.2) is 4.79 Å². The average molecular weight is 575 g/mol. The van der Waals surface area contributed by atoms with Crippen LogP contribution in [0.5, 0.6) is 5.75 Å². The number of aliphatic hydroxyl groups is 1. The number of carbonyl (C=O) groups is 6. The number of hydrogen-bond acceptors (Lipinski definition) is 9. The van der Waals surface area contributed by atoms with Crippen LogP contribution in [-0.2, 0) is 30.3 Å². The van der Waals surface area contributed by atoms with E-state index in [1.165, 1.54) is 20.1 Å². The van der Waals surface area contributed by atoms with Gasteiger partial charge in [0.25, 0.3) is 0 Å². The summed E-state index contributed by atoms with van der Waals surface area (Å²) in [5, 5.41) is 23.0. The van der Waals surface area contributed by atoms with Gasteiger partial charge in [-0.1, -0.05) is 45.9 Å². The first-order valence-electron chi connectivity index (χ1n) is 14.0. The molecule has 0 saturated heterocycles. The lowest BCUT2D eigenvalue weighted by molar-refractivity contribution is -0.205. The molecule has 0 spiro atoms. The summed E-state index contributed by atoms with van der Waals surface area (Å²) >= 11 is 0. The second-order valence-electron chi connectivity index (χ2n) is 12.9. The highest BCUT2D eigenvalue weighted by atomic mass is 16.5. The van der Waals surface area contributed by atoms with E-state index in [2.05, 4.69) is 0 Å². The summed E-state index contributed by atoms with van der Waals surface area (Å²) in [4.78, 5) is 80.4. The van der Waals surface area contributed by atoms with E-state index in [0.29, 0.717) is 22.3 Å². The molecule has 2 N–H and O–H groups in total. The Morgan fingerprint density at radius 3 is 2.14 bits per heavy atom. The smallest absolute Gasteiger partial charge is 0.337 e. The van der Waals surface area contributed by atoms with Gasteiger partial charge in [0.05, 0.1) is 24.2 Å². The van der Waals surface area contributed by atoms with E-state index in [1.54, 1.807) is 51.1 Å². The molecular weight excluding hydrogens is 540 g/mol. The maximum Gasteiger partial charge on any atom is 0.337 e. The summed E-state index contributed by atoms with van der Waals surface area (Å²) in [5.41, 5.74) is -3.44. The first-order chi connectivity index (χ1) is 19.5. The third kappa shape index (κ3) is 3.72. The summed E-state index contributed by atoms with van der Waals surface area (Å²) in [7, 11) is 1.28. The van der Waals surface area contributed by atoms with E-state index in [1.807, 2.05) is 0 Å². The predicted octanol–water partition coefficient (Wildman–Crippen LogP) is 3.55. The fourth-order valence-electron chi connectivity index (χ4n) is 8.31. The minimum atomic E-state index is -2.74. The molecule has 3 aliphatic rings. The molecule has 5 rings (SSSR count). The van der Waals surface area contributed by atoms with Crippen LogP contribution in [0.4, 0.5) is 0 Å². The number of esters is 1. The first kappa shape index (κ1) is 29.5. The van der Waals surface area contributed by atoms with Gasteiger partial charge in [0, 0.05) is 11.3 Å². The van der Waals surface area contributed by atoms with Gasteiger partial charge in [-0.3, -0.25) is 24.0 Å². The standard InChI is InChI=1S/C33H34O9/c1-15(2)24-26(36)22(16(3)34)28(38)33(41)29(39)25-27(37)23-20(13-31(25,4)14-32(24,33)5)19(11-12-21(23)35)17-7-9-18(10-8-17)30(40)42-6/h7-12,15,22,24-25,35,41H,13-14H2,1-6H3/t22?,24?,25?,31-,32-,33+/m1/s1. The number of methoxy groups -OCH3 is 1. The van der Waals surface area contributed by atoms with E-state index < -0.39 is 75.0 Å². The Balaban J connectivity index is 1.70. The maximum atomic E-state index is 14.4. The molecule has 9 nitrogen and oxygen atoms in total. The highest BCUT2D eigenvalue weighted by molar-refractivity contribution is 6.32. The quantitative estimate of drug-likeness (QED) is 0.412. The van der Waals surface area contributed by atoms with Crippen molar-refractivity contribution in [1.82, 2.24) is 0 Å². The highest BCUT2D eigenvalue weighted by Crippen LogP contribution is 2.64. The van der Waals surface area contributed by atoms with Crippen molar-refractivity contribution in [2.45, 2.75) is 53.1 Å². The van der Waals surface area contributed by atoms with Crippen LogP contribution in [0.2, 0.25) is 0 Å². The monoisotopic (exact) mass is 574 g/mol. The molecule has 0 bridgehead atoms. The van der Waals surface area contributed by atoms with Crippen molar-refractivity contribution in [3.8, 4) is 16.9 Å². The Morgan fingerprint density at radius 2 is 1.60 bits per heavy atom. The maximum absolute atomic E-state index is 14.4. The van der Waals surface area contributed by atoms with Crippen LogP contribution in [0.3, 0.4) is 0 Å². The molecule has 0 radical (unpaired) electrons. The SMILES string of the molecule is COC(=O)c1ccc(-c2ccc(O)c3c2C[C@]2(C)C[C@]4(C)C(C(C)C)C(=O)C(C(C)=O)C(=O)[C@]4(O)C(=O)C2C3=O)cc1. The Hall–Kier alpha value is -3.98. The summed E-state index contributed by atoms with van der Waals surface area (Å²) in [5.74, 6) is -9.84. The zero-order valence-electron chi connectivity index (χ0n) is 24.4. The van der Waals surface area contributed by atoms with Gasteiger partial charge in [-0.2, -0.15) is 0 Å². The molecule has 2 aromatic carbocycles. The van der Waals surface area contributed by atoms with Gasteiger partial charge in [0.2, 0.25) is 0 Å². The minimum absolute atomic E-state index is 0.0284. The van der Waals surface area contributed by atoms with Gasteiger partial charge in [-0.15, -0.1) is 0 Å². The number of fused-ring (bicyclic) bond motifs is 3. The van der Waals surface area contributed by atoms with Gasteiger partial charge in [0.15, 0.2) is 28.7 Å². The fourth-order valence-corrected chi connectivity index (χ4v) is 8.31. The molecule has 2 fully saturated rings. The van der Waals surface area contributed by atoms with Gasteiger partial charge in [0.1, 0.15) is 17.5 Å². The van der Waals surface area contributed by atoms with Crippen molar-refractivity contribution in [2.75, 3.05) is 7.11 Å². The molecule has 3 unspecified atom stereocenters. The molecule has 0 aromatic heterocycles. The highest BCUT2D eigenvalue weighted by Gasteiger charge is 2.76. The Morgan fingerprint density at radius 1 is 0.976 bits per heavy atom. The molecule has 9 heteroatoms. The van der Waals surface area contributed by atoms with E-state index in [-0.39, 0.29) is 24.2 Å². The number of Topliss-reactive ketones (excluding diaryl/α,β-unsaturated/α-hetero) is 5. The van der Waals surface area contributed by atoms with Crippen molar-refractivity contribution >= 4 is 34.9 Å². The number of carbonyl (C=O) groups excluding carboxylic acids is 6. The average Bonchev–Trinajstić information content (AvgIpc) is 2.90. The van der Waals surface area contributed by atoms with Crippen molar-refractivity contribution in [3.63, 3.8) is 0 Å². The zero-order chi connectivity index (χ0) is 31.1. The van der Waals surface area contributed by atoms with Crippen molar-refractivity contribution in [2.24, 2.45) is 34.5 Å². The molecule has 0 aliphatic heterocycles. The number of ketones is 5. The predicted molar refractivity (Wildman–Crippen MR) is 150 cm³/mol. The minimum Gasteiger partial charge on any atom is -0.507 e. The van der Waals surface area contributed by atoms with E-state index >= 15 is 0 Å². The van der Waals surface area contributed by atoms with E-state index in [9.17, 15) is 39.0 Å². The molecule has 0 amide bonds. The fraction of sp³-hybridized carbons (Fsp3) is 0.455. The Kier molecular flexibility index (Phi) is 6.69. The van der Waals surface area contributed by atoms with Gasteiger partial charge < -0.3 is 14.9 Å². The number of hydrogen-bond donors (Lipinski definition) is 2. The van der Waals surface area contributed by atoms with Crippen LogP contribution in [0, 0.1) is 34.5 Å². The van der Waals surface area contributed by atoms with E-state index in [4.69, 9.17) is 4.74 Å². The van der Waals surface area contributed by atoms with Crippen LogP contribution in [0.1, 0.15) is 67.3 Å². The number of ether oxygens (including phenoxy) is 1. The lowest BCUT2D eigenvalue weighted by Gasteiger charge is -2.61. The van der Waals surface area contributed by atoms with Crippen LogP contribution < -0.4 is 0 Å². The Labute approximate surface area is 243 Å². The topological polar surface area (TPSA) is 152 Å². The lowest BCUT2D eigenvalue weighted by atomic mass is 9.40. The van der Waals surface area contributed by atoms with Crippen molar-refractivity contribution < 1.29 is 43.7 Å². The van der Waals surface area contributed by atoms with Crippen molar-refractivity contribution in [3.05, 3.63) is 53.1 Å². The van der Waals surface area contributed by atoms with Crippen LogP contribution in [0.15, 0.2) is 36.4 Å². The summed E-state index contributed by atoms with van der Waals surface area (Å²) < 4.78 is 4.77. The number of benzene rings is 2. The summed E-state index contributed by atoms with van der Waals surface area (Å²) in [6.45, 7) is 7.85.